The van der Waals surface area contributed by atoms with Crippen LogP contribution in [-0.4, -0.2) is 41.3 Å². The highest BCUT2D eigenvalue weighted by atomic mass is 16.5. The molecule has 0 spiro atoms. The Morgan fingerprint density at radius 2 is 1.74 bits per heavy atom. The largest absolute Gasteiger partial charge is 0.457 e. The molecule has 0 bridgehead atoms. The number of aromatic amines is 1. The lowest BCUT2D eigenvalue weighted by atomic mass is 9.94. The lowest BCUT2D eigenvalue weighted by Gasteiger charge is -2.19. The fraction of sp³-hybridized carbons (Fsp3) is 0.273. The number of amides is 2. The van der Waals surface area contributed by atoms with Crippen molar-refractivity contribution in [3.63, 3.8) is 0 Å². The molecule has 3 aromatic carbocycles. The number of nitrogens with one attached hydrogen (secondary N) is 4. The van der Waals surface area contributed by atoms with Crippen molar-refractivity contribution in [2.75, 3.05) is 24.2 Å². The van der Waals surface area contributed by atoms with Crippen molar-refractivity contribution < 1.29 is 19.1 Å². The number of carbonyl (C=O) groups is 3. The zero-order valence-corrected chi connectivity index (χ0v) is 24.6. The minimum Gasteiger partial charge on any atom is -0.457 e. The van der Waals surface area contributed by atoms with Crippen LogP contribution < -0.4 is 16.0 Å². The van der Waals surface area contributed by atoms with Crippen LogP contribution >= 0.6 is 0 Å². The molecule has 4 aromatic rings. The number of aromatic nitrogens is 2. The van der Waals surface area contributed by atoms with Crippen molar-refractivity contribution >= 4 is 46.0 Å². The van der Waals surface area contributed by atoms with Gasteiger partial charge in [0.05, 0.1) is 16.6 Å². The van der Waals surface area contributed by atoms with Crippen molar-refractivity contribution in [3.05, 3.63) is 95.1 Å². The van der Waals surface area contributed by atoms with Crippen molar-refractivity contribution in [3.8, 4) is 0 Å². The first-order chi connectivity index (χ1) is 20.1. The number of hydrogen-bond donors (Lipinski definition) is 4. The van der Waals surface area contributed by atoms with Crippen LogP contribution in [0.25, 0.3) is 16.6 Å². The number of esters is 1. The molecular formula is C33H37N5O4. The minimum absolute atomic E-state index is 0.0799. The third-order valence-corrected chi connectivity index (χ3v) is 6.51. The number of imidazole rings is 1. The summed E-state index contributed by atoms with van der Waals surface area (Å²) >= 11 is 0. The molecule has 0 saturated heterocycles. The van der Waals surface area contributed by atoms with Crippen molar-refractivity contribution in [2.24, 2.45) is 5.41 Å². The molecular weight excluding hydrogens is 530 g/mol. The summed E-state index contributed by atoms with van der Waals surface area (Å²) in [5.41, 5.74) is 4.59. The Labute approximate surface area is 245 Å². The second-order valence-corrected chi connectivity index (χ2v) is 11.1. The average Bonchev–Trinajstić information content (AvgIpc) is 3.40. The second kappa shape index (κ2) is 13.2. The van der Waals surface area contributed by atoms with Crippen LogP contribution in [0.4, 0.5) is 11.6 Å². The van der Waals surface area contributed by atoms with Gasteiger partial charge in [0.1, 0.15) is 6.61 Å². The molecule has 1 heterocycles. The third-order valence-electron chi connectivity index (χ3n) is 6.51. The van der Waals surface area contributed by atoms with Gasteiger partial charge in [-0.05, 0) is 58.9 Å². The van der Waals surface area contributed by atoms with E-state index in [1.807, 2.05) is 64.1 Å². The van der Waals surface area contributed by atoms with Gasteiger partial charge < -0.3 is 25.7 Å². The van der Waals surface area contributed by atoms with Crippen molar-refractivity contribution in [1.29, 1.82) is 0 Å². The maximum Gasteiger partial charge on any atom is 0.339 e. The van der Waals surface area contributed by atoms with Gasteiger partial charge in [0.15, 0.2) is 0 Å². The molecule has 2 amide bonds. The molecule has 0 fully saturated rings. The SMILES string of the molecule is CC/C(=C\C(=O)Nc1ccc2nc(NC)[nH]c2c1)c1ccc(C(=O)NCC(C)(C)C)cc1C(=O)OCc1ccccc1. The molecule has 0 saturated carbocycles. The molecule has 9 heteroatoms. The average molecular weight is 568 g/mol. The van der Waals surface area contributed by atoms with E-state index in [1.165, 1.54) is 12.1 Å². The van der Waals surface area contributed by atoms with E-state index in [2.05, 4.69) is 25.9 Å². The first kappa shape index (κ1) is 30.0. The number of fused-ring (bicyclic) bond motifs is 1. The first-order valence-electron chi connectivity index (χ1n) is 13.9. The van der Waals surface area contributed by atoms with Crippen LogP contribution in [0.3, 0.4) is 0 Å². The van der Waals surface area contributed by atoms with Crippen LogP contribution in [0.5, 0.6) is 0 Å². The summed E-state index contributed by atoms with van der Waals surface area (Å²) in [6.45, 7) is 8.54. The van der Waals surface area contributed by atoms with E-state index in [4.69, 9.17) is 4.74 Å². The lowest BCUT2D eigenvalue weighted by Crippen LogP contribution is -2.32. The molecule has 218 valence electrons. The molecule has 9 nitrogen and oxygen atoms in total. The predicted molar refractivity (Wildman–Crippen MR) is 166 cm³/mol. The van der Waals surface area contributed by atoms with E-state index in [0.717, 1.165) is 16.6 Å². The fourth-order valence-corrected chi connectivity index (χ4v) is 4.30. The number of ether oxygens (including phenoxy) is 1. The normalized spacial score (nSPS) is 11.7. The molecule has 0 aliphatic heterocycles. The standard InChI is InChI=1S/C33H37N5O4/c1-6-22(17-29(39)36-24-13-15-27-28(18-24)38-32(34-5)37-27)25-14-12-23(30(40)35-20-33(2,3)4)16-26(25)31(41)42-19-21-10-8-7-9-11-21/h7-18H,6,19-20H2,1-5H3,(H,35,40)(H,36,39)(H2,34,37,38)/b22-17+. The monoisotopic (exact) mass is 567 g/mol. The number of nitrogens with zero attached hydrogens (tertiary/aromatic N) is 1. The number of benzene rings is 3. The number of H-pyrrole nitrogens is 1. The topological polar surface area (TPSA) is 125 Å². The van der Waals surface area contributed by atoms with Crippen LogP contribution in [0.2, 0.25) is 0 Å². The van der Waals surface area contributed by atoms with Gasteiger partial charge in [0, 0.05) is 30.9 Å². The van der Waals surface area contributed by atoms with Crippen LogP contribution in [-0.2, 0) is 16.1 Å². The summed E-state index contributed by atoms with van der Waals surface area (Å²) in [6, 6.07) is 19.7. The summed E-state index contributed by atoms with van der Waals surface area (Å²) in [4.78, 5) is 46.9. The Balaban J connectivity index is 1.61. The minimum atomic E-state index is -0.580. The Morgan fingerprint density at radius 3 is 2.43 bits per heavy atom. The summed E-state index contributed by atoms with van der Waals surface area (Å²) < 4.78 is 5.64. The quantitative estimate of drug-likeness (QED) is 0.134. The van der Waals surface area contributed by atoms with Gasteiger partial charge in [0.2, 0.25) is 11.9 Å². The highest BCUT2D eigenvalue weighted by Crippen LogP contribution is 2.26. The van der Waals surface area contributed by atoms with E-state index in [0.29, 0.717) is 41.3 Å². The Hall–Kier alpha value is -4.92. The Bertz CT molecular complexity index is 1620. The van der Waals surface area contributed by atoms with Gasteiger partial charge in [-0.15, -0.1) is 0 Å². The molecule has 0 unspecified atom stereocenters. The summed E-state index contributed by atoms with van der Waals surface area (Å²) in [6.07, 6.45) is 1.94. The number of rotatable bonds is 10. The van der Waals surface area contributed by atoms with Crippen LogP contribution in [0.15, 0.2) is 72.8 Å². The zero-order chi connectivity index (χ0) is 30.3. The molecule has 4 rings (SSSR count). The summed E-state index contributed by atoms with van der Waals surface area (Å²) in [7, 11) is 1.77. The van der Waals surface area contributed by atoms with Crippen LogP contribution in [0.1, 0.15) is 66.0 Å². The van der Waals surface area contributed by atoms with Gasteiger partial charge in [-0.3, -0.25) is 9.59 Å². The first-order valence-corrected chi connectivity index (χ1v) is 13.9. The van der Waals surface area contributed by atoms with E-state index >= 15 is 0 Å². The van der Waals surface area contributed by atoms with Gasteiger partial charge in [-0.25, -0.2) is 9.78 Å². The molecule has 0 radical (unpaired) electrons. The van der Waals surface area contributed by atoms with Gasteiger partial charge in [-0.1, -0.05) is 64.1 Å². The molecule has 1 aromatic heterocycles. The van der Waals surface area contributed by atoms with Gasteiger partial charge in [-0.2, -0.15) is 0 Å². The maximum atomic E-state index is 13.4. The zero-order valence-electron chi connectivity index (χ0n) is 24.6. The Morgan fingerprint density at radius 1 is 0.976 bits per heavy atom. The number of carbonyl (C=O) groups excluding carboxylic acids is 3. The van der Waals surface area contributed by atoms with E-state index < -0.39 is 5.97 Å². The molecule has 42 heavy (non-hydrogen) atoms. The summed E-state index contributed by atoms with van der Waals surface area (Å²) in [5.74, 6) is -0.591. The fourth-order valence-electron chi connectivity index (χ4n) is 4.30. The maximum absolute atomic E-state index is 13.4. The van der Waals surface area contributed by atoms with Crippen molar-refractivity contribution in [1.82, 2.24) is 15.3 Å². The predicted octanol–water partition coefficient (Wildman–Crippen LogP) is 6.17. The van der Waals surface area contributed by atoms with Crippen molar-refractivity contribution in [2.45, 2.75) is 40.7 Å². The molecule has 0 aliphatic carbocycles. The van der Waals surface area contributed by atoms with Gasteiger partial charge in [0.25, 0.3) is 5.91 Å². The highest BCUT2D eigenvalue weighted by molar-refractivity contribution is 6.07. The number of anilines is 2. The highest BCUT2D eigenvalue weighted by Gasteiger charge is 2.20. The number of hydrogen-bond acceptors (Lipinski definition) is 6. The van der Waals surface area contributed by atoms with E-state index in [-0.39, 0.29) is 29.4 Å². The summed E-state index contributed by atoms with van der Waals surface area (Å²) in [5, 5.41) is 8.77. The smallest absolute Gasteiger partial charge is 0.339 e. The lowest BCUT2D eigenvalue weighted by molar-refractivity contribution is -0.111. The number of allylic oxidation sites excluding steroid dienone is 1. The van der Waals surface area contributed by atoms with E-state index in [1.54, 1.807) is 31.3 Å². The molecule has 0 aliphatic rings. The third kappa shape index (κ3) is 7.84. The molecule has 4 N–H and O–H groups in total. The van der Waals surface area contributed by atoms with Gasteiger partial charge >= 0.3 is 5.97 Å². The van der Waals surface area contributed by atoms with E-state index in [9.17, 15) is 14.4 Å². The second-order valence-electron chi connectivity index (χ2n) is 11.1. The van der Waals surface area contributed by atoms with Crippen LogP contribution in [0, 0.1) is 5.41 Å². The Kier molecular flexibility index (Phi) is 9.42. The molecule has 0 atom stereocenters.